The highest BCUT2D eigenvalue weighted by Crippen LogP contribution is 2.29. The van der Waals surface area contributed by atoms with E-state index in [1.807, 2.05) is 13.8 Å². The lowest BCUT2D eigenvalue weighted by Gasteiger charge is -2.32. The number of ether oxygens (including phenoxy) is 1. The summed E-state index contributed by atoms with van der Waals surface area (Å²) in [7, 11) is -3.38. The Balaban J connectivity index is 2.21. The molecular weight excluding hydrogens is 345 g/mol. The molecule has 0 radical (unpaired) electrons. The van der Waals surface area contributed by atoms with Crippen LogP contribution in [0.3, 0.4) is 0 Å². The molecule has 124 valence electrons. The third-order valence-electron chi connectivity index (χ3n) is 3.69. The largest absolute Gasteiger partial charge is 0.381 e. The van der Waals surface area contributed by atoms with Crippen LogP contribution in [0.25, 0.3) is 0 Å². The summed E-state index contributed by atoms with van der Waals surface area (Å²) in [5, 5.41) is 0.720. The van der Waals surface area contributed by atoms with E-state index in [0.717, 1.165) is 5.56 Å². The van der Waals surface area contributed by atoms with E-state index in [9.17, 15) is 8.42 Å². The lowest BCUT2D eigenvalue weighted by Crippen LogP contribution is -2.46. The van der Waals surface area contributed by atoms with Crippen LogP contribution in [0.1, 0.15) is 25.8 Å². The van der Waals surface area contributed by atoms with E-state index in [4.69, 9.17) is 27.9 Å². The Morgan fingerprint density at radius 2 is 2.09 bits per heavy atom. The quantitative estimate of drug-likeness (QED) is 0.870. The normalized spacial score (nSPS) is 23.0. The smallest absolute Gasteiger partial charge is 0.215 e. The number of rotatable bonds is 5. The molecule has 0 spiro atoms. The zero-order chi connectivity index (χ0) is 16.3. The van der Waals surface area contributed by atoms with Crippen molar-refractivity contribution < 1.29 is 13.2 Å². The molecule has 0 aliphatic carbocycles. The number of nitrogens with one attached hydrogen (secondary N) is 1. The lowest BCUT2D eigenvalue weighted by molar-refractivity contribution is 0.0569. The molecule has 1 aliphatic heterocycles. The zero-order valence-electron chi connectivity index (χ0n) is 12.7. The van der Waals surface area contributed by atoms with Crippen molar-refractivity contribution >= 4 is 33.2 Å². The van der Waals surface area contributed by atoms with Crippen molar-refractivity contribution in [2.45, 2.75) is 38.0 Å². The van der Waals surface area contributed by atoms with E-state index in [2.05, 4.69) is 4.72 Å². The highest BCUT2D eigenvalue weighted by atomic mass is 35.5. The first kappa shape index (κ1) is 18.0. The first-order valence-electron chi connectivity index (χ1n) is 7.32. The van der Waals surface area contributed by atoms with E-state index in [-0.39, 0.29) is 12.0 Å². The van der Waals surface area contributed by atoms with Crippen LogP contribution in [0.15, 0.2) is 18.2 Å². The second-order valence-electron chi connectivity index (χ2n) is 5.92. The van der Waals surface area contributed by atoms with E-state index in [1.165, 1.54) is 0 Å². The summed E-state index contributed by atoms with van der Waals surface area (Å²) in [4.78, 5) is 0. The Morgan fingerprint density at radius 3 is 2.77 bits per heavy atom. The Kier molecular flexibility index (Phi) is 6.14. The molecule has 7 heteroatoms. The van der Waals surface area contributed by atoms with Gasteiger partial charge in [0.15, 0.2) is 0 Å². The number of benzene rings is 1. The molecule has 1 aliphatic rings. The van der Waals surface area contributed by atoms with Gasteiger partial charge in [0, 0.05) is 28.6 Å². The van der Waals surface area contributed by atoms with Crippen LogP contribution < -0.4 is 4.72 Å². The third-order valence-corrected chi connectivity index (χ3v) is 6.51. The summed E-state index contributed by atoms with van der Waals surface area (Å²) in [5.74, 6) is -0.138. The molecule has 0 bridgehead atoms. The molecule has 0 amide bonds. The van der Waals surface area contributed by atoms with Gasteiger partial charge in [0.05, 0.1) is 11.9 Å². The Labute approximate surface area is 142 Å². The standard InChI is InChI=1S/C15H21Cl2NO3S/c1-10(2)18-22(19,20)15-5-6-21-9-12(15)7-11-8-13(16)3-4-14(11)17/h3-4,8,10,12,15,18H,5-7,9H2,1-2H3/t12-,15-/m0/s1. The van der Waals surface area contributed by atoms with Gasteiger partial charge in [-0.1, -0.05) is 23.2 Å². The van der Waals surface area contributed by atoms with Gasteiger partial charge in [-0.2, -0.15) is 0 Å². The molecule has 0 aromatic heterocycles. The topological polar surface area (TPSA) is 55.4 Å². The molecule has 2 atom stereocenters. The van der Waals surface area contributed by atoms with Gasteiger partial charge in [-0.05, 0) is 50.5 Å². The average Bonchev–Trinajstić information content (AvgIpc) is 2.42. The fourth-order valence-electron chi connectivity index (χ4n) is 2.77. The minimum absolute atomic E-state index is 0.122. The molecule has 1 aromatic carbocycles. The Bertz CT molecular complexity index is 619. The van der Waals surface area contributed by atoms with E-state index in [0.29, 0.717) is 36.1 Å². The molecular formula is C15H21Cl2NO3S. The van der Waals surface area contributed by atoms with Crippen LogP contribution in [0.5, 0.6) is 0 Å². The lowest BCUT2D eigenvalue weighted by atomic mass is 9.93. The van der Waals surface area contributed by atoms with Crippen molar-refractivity contribution in [2.75, 3.05) is 13.2 Å². The number of hydrogen-bond acceptors (Lipinski definition) is 3. The number of halogens is 2. The van der Waals surface area contributed by atoms with E-state index < -0.39 is 15.3 Å². The highest BCUT2D eigenvalue weighted by molar-refractivity contribution is 7.90. The summed E-state index contributed by atoms with van der Waals surface area (Å²) in [5.41, 5.74) is 0.856. The van der Waals surface area contributed by atoms with Crippen LogP contribution in [-0.4, -0.2) is 32.9 Å². The predicted octanol–water partition coefficient (Wildman–Crippen LogP) is 3.27. The van der Waals surface area contributed by atoms with E-state index >= 15 is 0 Å². The SMILES string of the molecule is CC(C)NS(=O)(=O)[C@H]1CCOC[C@@H]1Cc1cc(Cl)ccc1Cl. The van der Waals surface area contributed by atoms with E-state index in [1.54, 1.807) is 18.2 Å². The summed E-state index contributed by atoms with van der Waals surface area (Å²) in [6.07, 6.45) is 1.02. The fourth-order valence-corrected chi connectivity index (χ4v) is 5.08. The highest BCUT2D eigenvalue weighted by Gasteiger charge is 2.36. The van der Waals surface area contributed by atoms with Crippen molar-refractivity contribution in [3.05, 3.63) is 33.8 Å². The molecule has 1 fully saturated rings. The molecule has 2 rings (SSSR count). The minimum Gasteiger partial charge on any atom is -0.381 e. The van der Waals surface area contributed by atoms with Crippen molar-refractivity contribution in [2.24, 2.45) is 5.92 Å². The molecule has 1 heterocycles. The van der Waals surface area contributed by atoms with Gasteiger partial charge < -0.3 is 4.74 Å². The van der Waals surface area contributed by atoms with Gasteiger partial charge in [0.25, 0.3) is 0 Å². The van der Waals surface area contributed by atoms with Gasteiger partial charge in [0.1, 0.15) is 0 Å². The van der Waals surface area contributed by atoms with Crippen LogP contribution in [0.4, 0.5) is 0 Å². The molecule has 1 aromatic rings. The molecule has 1 N–H and O–H groups in total. The maximum absolute atomic E-state index is 12.5. The summed E-state index contributed by atoms with van der Waals surface area (Å²) in [6.45, 7) is 4.51. The summed E-state index contributed by atoms with van der Waals surface area (Å²) >= 11 is 12.2. The second kappa shape index (κ2) is 7.49. The summed E-state index contributed by atoms with van der Waals surface area (Å²) < 4.78 is 33.2. The van der Waals surface area contributed by atoms with Gasteiger partial charge in [0.2, 0.25) is 10.0 Å². The maximum atomic E-state index is 12.5. The maximum Gasteiger partial charge on any atom is 0.215 e. The fraction of sp³-hybridized carbons (Fsp3) is 0.600. The van der Waals surface area contributed by atoms with Gasteiger partial charge in [-0.15, -0.1) is 0 Å². The van der Waals surface area contributed by atoms with Gasteiger partial charge in [-0.25, -0.2) is 13.1 Å². The number of hydrogen-bond donors (Lipinski definition) is 1. The predicted molar refractivity (Wildman–Crippen MR) is 90.1 cm³/mol. The Morgan fingerprint density at radius 1 is 1.36 bits per heavy atom. The molecule has 4 nitrogen and oxygen atoms in total. The first-order chi connectivity index (χ1) is 10.3. The number of sulfonamides is 1. The van der Waals surface area contributed by atoms with Gasteiger partial charge in [-0.3, -0.25) is 0 Å². The molecule has 22 heavy (non-hydrogen) atoms. The first-order valence-corrected chi connectivity index (χ1v) is 9.62. The molecule has 0 saturated carbocycles. The summed E-state index contributed by atoms with van der Waals surface area (Å²) in [6, 6.07) is 5.12. The van der Waals surface area contributed by atoms with Crippen LogP contribution in [-0.2, 0) is 21.2 Å². The minimum atomic E-state index is -3.38. The second-order valence-corrected chi connectivity index (χ2v) is 8.69. The van der Waals surface area contributed by atoms with Crippen LogP contribution in [0, 0.1) is 5.92 Å². The van der Waals surface area contributed by atoms with Crippen molar-refractivity contribution in [1.29, 1.82) is 0 Å². The van der Waals surface area contributed by atoms with Crippen molar-refractivity contribution in [3.8, 4) is 0 Å². The van der Waals surface area contributed by atoms with Crippen LogP contribution >= 0.6 is 23.2 Å². The monoisotopic (exact) mass is 365 g/mol. The molecule has 0 unspecified atom stereocenters. The van der Waals surface area contributed by atoms with Gasteiger partial charge >= 0.3 is 0 Å². The average molecular weight is 366 g/mol. The Hall–Kier alpha value is -0.330. The third kappa shape index (κ3) is 4.59. The van der Waals surface area contributed by atoms with Crippen LogP contribution in [0.2, 0.25) is 10.0 Å². The van der Waals surface area contributed by atoms with Crippen molar-refractivity contribution in [1.82, 2.24) is 4.72 Å². The molecule has 1 saturated heterocycles. The zero-order valence-corrected chi connectivity index (χ0v) is 15.0. The van der Waals surface area contributed by atoms with Crippen molar-refractivity contribution in [3.63, 3.8) is 0 Å².